The van der Waals surface area contributed by atoms with E-state index in [1.165, 1.54) is 12.1 Å². The Morgan fingerprint density at radius 1 is 1.09 bits per heavy atom. The monoisotopic (exact) mass is 324 g/mol. The van der Waals surface area contributed by atoms with E-state index in [-0.39, 0.29) is 30.5 Å². The van der Waals surface area contributed by atoms with E-state index in [4.69, 9.17) is 4.74 Å². The lowest BCUT2D eigenvalue weighted by atomic mass is 10.1. The molecule has 1 rings (SSSR count). The molecule has 128 valence electrons. The van der Waals surface area contributed by atoms with Gasteiger partial charge in [0.25, 0.3) is 0 Å². The quantitative estimate of drug-likeness (QED) is 0.649. The van der Waals surface area contributed by atoms with E-state index in [0.29, 0.717) is 26.2 Å². The van der Waals surface area contributed by atoms with E-state index in [1.807, 2.05) is 19.0 Å². The number of carbonyl (C=O) groups is 2. The Hall–Kier alpha value is -1.95. The second-order valence-corrected chi connectivity index (χ2v) is 5.54. The number of benzene rings is 1. The number of amides is 1. The fourth-order valence-electron chi connectivity index (χ4n) is 2.03. The molecule has 0 spiro atoms. The van der Waals surface area contributed by atoms with Gasteiger partial charge in [0.05, 0.1) is 19.4 Å². The minimum absolute atomic E-state index is 0.0808. The number of likely N-dealkylation sites (N-methyl/N-ethyl adjacent to an activating group) is 1. The van der Waals surface area contributed by atoms with Gasteiger partial charge in [-0.15, -0.1) is 0 Å². The third-order valence-corrected chi connectivity index (χ3v) is 3.33. The molecule has 0 bridgehead atoms. The van der Waals surface area contributed by atoms with Crippen LogP contribution in [-0.4, -0.2) is 62.0 Å². The minimum atomic E-state index is -0.326. The third kappa shape index (κ3) is 7.74. The summed E-state index contributed by atoms with van der Waals surface area (Å²) < 4.78 is 17.8. The Bertz CT molecular complexity index is 503. The first-order valence-corrected chi connectivity index (χ1v) is 7.75. The molecule has 5 nitrogen and oxygen atoms in total. The molecule has 0 radical (unpaired) electrons. The zero-order chi connectivity index (χ0) is 17.2. The average Bonchev–Trinajstić information content (AvgIpc) is 2.49. The molecule has 0 aliphatic rings. The second kappa shape index (κ2) is 9.94. The average molecular weight is 324 g/mol. The van der Waals surface area contributed by atoms with Crippen molar-refractivity contribution < 1.29 is 18.7 Å². The van der Waals surface area contributed by atoms with Gasteiger partial charge in [0.2, 0.25) is 5.91 Å². The highest BCUT2D eigenvalue weighted by Gasteiger charge is 2.16. The van der Waals surface area contributed by atoms with Gasteiger partial charge in [0.15, 0.2) is 0 Å². The molecule has 0 aliphatic heterocycles. The first kappa shape index (κ1) is 19.1. The van der Waals surface area contributed by atoms with Crippen LogP contribution in [0, 0.1) is 5.82 Å². The van der Waals surface area contributed by atoms with Gasteiger partial charge in [0.1, 0.15) is 5.82 Å². The van der Waals surface area contributed by atoms with Crippen molar-refractivity contribution >= 4 is 11.9 Å². The first-order chi connectivity index (χ1) is 10.9. The second-order valence-electron chi connectivity index (χ2n) is 5.54. The molecule has 0 fully saturated rings. The minimum Gasteiger partial charge on any atom is -0.466 e. The molecule has 0 saturated heterocycles. The number of esters is 1. The van der Waals surface area contributed by atoms with Crippen molar-refractivity contribution in [2.75, 3.05) is 40.3 Å². The topological polar surface area (TPSA) is 49.9 Å². The largest absolute Gasteiger partial charge is 0.466 e. The normalized spacial score (nSPS) is 10.7. The lowest BCUT2D eigenvalue weighted by molar-refractivity contribution is -0.144. The highest BCUT2D eigenvalue weighted by atomic mass is 19.1. The highest BCUT2D eigenvalue weighted by Crippen LogP contribution is 2.06. The van der Waals surface area contributed by atoms with Gasteiger partial charge in [0, 0.05) is 19.6 Å². The molecular formula is C17H25FN2O3. The third-order valence-electron chi connectivity index (χ3n) is 3.33. The van der Waals surface area contributed by atoms with Crippen molar-refractivity contribution in [1.82, 2.24) is 9.80 Å². The van der Waals surface area contributed by atoms with Crippen LogP contribution in [0.15, 0.2) is 24.3 Å². The van der Waals surface area contributed by atoms with Crippen LogP contribution in [0.4, 0.5) is 4.39 Å². The zero-order valence-electron chi connectivity index (χ0n) is 14.0. The van der Waals surface area contributed by atoms with E-state index >= 15 is 0 Å². The molecule has 0 aliphatic carbocycles. The maximum absolute atomic E-state index is 12.9. The molecule has 1 aromatic carbocycles. The van der Waals surface area contributed by atoms with Gasteiger partial charge in [-0.2, -0.15) is 0 Å². The van der Waals surface area contributed by atoms with E-state index in [1.54, 1.807) is 24.0 Å². The van der Waals surface area contributed by atoms with Crippen LogP contribution in [0.2, 0.25) is 0 Å². The van der Waals surface area contributed by atoms with Crippen LogP contribution >= 0.6 is 0 Å². The Morgan fingerprint density at radius 3 is 2.30 bits per heavy atom. The molecule has 0 atom stereocenters. The number of hydrogen-bond acceptors (Lipinski definition) is 4. The number of hydrogen-bond donors (Lipinski definition) is 0. The summed E-state index contributed by atoms with van der Waals surface area (Å²) in [6, 6.07) is 5.88. The van der Waals surface area contributed by atoms with E-state index in [0.717, 1.165) is 5.56 Å². The molecule has 0 unspecified atom stereocenters. The summed E-state index contributed by atoms with van der Waals surface area (Å²) in [5, 5.41) is 0. The maximum atomic E-state index is 12.9. The molecular weight excluding hydrogens is 299 g/mol. The van der Waals surface area contributed by atoms with E-state index in [2.05, 4.69) is 0 Å². The number of rotatable bonds is 9. The molecule has 1 amide bonds. The van der Waals surface area contributed by atoms with Crippen LogP contribution in [0.1, 0.15) is 18.9 Å². The Kier molecular flexibility index (Phi) is 8.26. The molecule has 1 aromatic rings. The van der Waals surface area contributed by atoms with E-state index < -0.39 is 0 Å². The van der Waals surface area contributed by atoms with Crippen LogP contribution in [0.25, 0.3) is 0 Å². The molecule has 0 N–H and O–H groups in total. The summed E-state index contributed by atoms with van der Waals surface area (Å²) in [4.78, 5) is 27.6. The van der Waals surface area contributed by atoms with E-state index in [9.17, 15) is 14.0 Å². The summed E-state index contributed by atoms with van der Waals surface area (Å²) in [7, 11) is 3.85. The first-order valence-electron chi connectivity index (χ1n) is 7.75. The van der Waals surface area contributed by atoms with Crippen molar-refractivity contribution in [3.8, 4) is 0 Å². The molecule has 0 saturated carbocycles. The fraction of sp³-hybridized carbons (Fsp3) is 0.529. The molecule has 0 heterocycles. The number of ether oxygens (including phenoxy) is 1. The SMILES string of the molecule is CCOC(=O)CCN(CCN(C)C)C(=O)Cc1ccc(F)cc1. The predicted octanol–water partition coefficient (Wildman–Crippen LogP) is 1.71. The van der Waals surface area contributed by atoms with Crippen LogP contribution in [0.3, 0.4) is 0 Å². The van der Waals surface area contributed by atoms with Crippen LogP contribution in [0.5, 0.6) is 0 Å². The Balaban J connectivity index is 2.63. The lowest BCUT2D eigenvalue weighted by Crippen LogP contribution is -2.39. The van der Waals surface area contributed by atoms with Gasteiger partial charge in [-0.1, -0.05) is 12.1 Å². The van der Waals surface area contributed by atoms with Crippen molar-refractivity contribution in [2.45, 2.75) is 19.8 Å². The standard InChI is InChI=1S/C17H25FN2O3/c1-4-23-17(22)9-10-20(12-11-19(2)3)16(21)13-14-5-7-15(18)8-6-14/h5-8H,4,9-13H2,1-3H3. The summed E-state index contributed by atoms with van der Waals surface area (Å²) >= 11 is 0. The van der Waals surface area contributed by atoms with Gasteiger partial charge in [-0.05, 0) is 38.7 Å². The number of halogens is 1. The summed E-state index contributed by atoms with van der Waals surface area (Å²) in [6.07, 6.45) is 0.368. The van der Waals surface area contributed by atoms with Gasteiger partial charge in [-0.3, -0.25) is 9.59 Å². The summed E-state index contributed by atoms with van der Waals surface area (Å²) in [5.41, 5.74) is 0.752. The van der Waals surface area contributed by atoms with Crippen LogP contribution < -0.4 is 0 Å². The number of nitrogens with zero attached hydrogens (tertiary/aromatic N) is 2. The maximum Gasteiger partial charge on any atom is 0.307 e. The van der Waals surface area contributed by atoms with Crippen LogP contribution in [-0.2, 0) is 20.7 Å². The number of carbonyl (C=O) groups excluding carboxylic acids is 2. The Morgan fingerprint density at radius 2 is 1.74 bits per heavy atom. The Labute approximate surface area is 137 Å². The predicted molar refractivity (Wildman–Crippen MR) is 86.5 cm³/mol. The summed E-state index contributed by atoms with van der Waals surface area (Å²) in [6.45, 7) is 3.65. The van der Waals surface area contributed by atoms with Crippen molar-refractivity contribution in [3.63, 3.8) is 0 Å². The highest BCUT2D eigenvalue weighted by molar-refractivity contribution is 5.79. The fourth-order valence-corrected chi connectivity index (χ4v) is 2.03. The van der Waals surface area contributed by atoms with Gasteiger partial charge >= 0.3 is 5.97 Å². The molecule has 0 aromatic heterocycles. The van der Waals surface area contributed by atoms with Crippen molar-refractivity contribution in [1.29, 1.82) is 0 Å². The smallest absolute Gasteiger partial charge is 0.307 e. The molecule has 6 heteroatoms. The van der Waals surface area contributed by atoms with Gasteiger partial charge in [-0.25, -0.2) is 4.39 Å². The molecule has 23 heavy (non-hydrogen) atoms. The van der Waals surface area contributed by atoms with Crippen molar-refractivity contribution in [3.05, 3.63) is 35.6 Å². The van der Waals surface area contributed by atoms with Crippen molar-refractivity contribution in [2.24, 2.45) is 0 Å². The summed E-state index contributed by atoms with van der Waals surface area (Å²) in [5.74, 6) is -0.715. The zero-order valence-corrected chi connectivity index (χ0v) is 14.0. The van der Waals surface area contributed by atoms with Gasteiger partial charge < -0.3 is 14.5 Å². The lowest BCUT2D eigenvalue weighted by Gasteiger charge is -2.24.